The molecule has 1 aliphatic carbocycles. The molecule has 114 valence electrons. The number of aliphatic hydroxyl groups is 1. The van der Waals surface area contributed by atoms with E-state index in [1.807, 2.05) is 12.1 Å². The molecule has 1 aliphatic heterocycles. The van der Waals surface area contributed by atoms with Gasteiger partial charge in [0, 0.05) is 19.2 Å². The number of benzene rings is 1. The molecule has 1 aromatic rings. The molecule has 0 bridgehead atoms. The maximum Gasteiger partial charge on any atom is 0.253 e. The van der Waals surface area contributed by atoms with E-state index in [1.165, 1.54) is 5.56 Å². The fraction of sp³-hybridized carbons (Fsp3) is 0.588. The summed E-state index contributed by atoms with van der Waals surface area (Å²) in [4.78, 5) is 12.6. The number of aryl methyl sites for hydroxylation is 1. The van der Waals surface area contributed by atoms with Crippen molar-refractivity contribution in [2.24, 2.45) is 5.92 Å². The van der Waals surface area contributed by atoms with Crippen LogP contribution in [0.3, 0.4) is 0 Å². The van der Waals surface area contributed by atoms with Gasteiger partial charge in [0.1, 0.15) is 0 Å². The van der Waals surface area contributed by atoms with Crippen molar-refractivity contribution in [1.82, 2.24) is 5.32 Å². The highest BCUT2D eigenvalue weighted by molar-refractivity contribution is 6.00. The van der Waals surface area contributed by atoms with Gasteiger partial charge in [-0.25, -0.2) is 0 Å². The largest absolute Gasteiger partial charge is 0.396 e. The van der Waals surface area contributed by atoms with Gasteiger partial charge in [-0.1, -0.05) is 18.6 Å². The van der Waals surface area contributed by atoms with E-state index in [0.717, 1.165) is 56.3 Å². The normalized spacial score (nSPS) is 24.8. The summed E-state index contributed by atoms with van der Waals surface area (Å²) < 4.78 is 0. The highest BCUT2D eigenvalue weighted by atomic mass is 16.3. The number of carbonyl (C=O) groups is 1. The van der Waals surface area contributed by atoms with Crippen LogP contribution in [-0.2, 0) is 6.42 Å². The van der Waals surface area contributed by atoms with Crippen LogP contribution in [0.5, 0.6) is 0 Å². The third kappa shape index (κ3) is 3.21. The van der Waals surface area contributed by atoms with Gasteiger partial charge in [-0.3, -0.25) is 4.79 Å². The highest BCUT2D eigenvalue weighted by Crippen LogP contribution is 2.27. The SMILES string of the molecule is O=C(N[C@@H]1CCC[C@@H](CO)C1)c1cccc2c1NCCC2. The molecule has 0 saturated heterocycles. The summed E-state index contributed by atoms with van der Waals surface area (Å²) in [7, 11) is 0. The summed E-state index contributed by atoms with van der Waals surface area (Å²) in [5.74, 6) is 0.358. The first-order valence-corrected chi connectivity index (χ1v) is 8.05. The molecule has 1 aromatic carbocycles. The molecule has 1 amide bonds. The van der Waals surface area contributed by atoms with Gasteiger partial charge in [0.05, 0.1) is 11.3 Å². The molecule has 1 saturated carbocycles. The van der Waals surface area contributed by atoms with Gasteiger partial charge in [0.25, 0.3) is 5.91 Å². The zero-order valence-corrected chi connectivity index (χ0v) is 12.4. The van der Waals surface area contributed by atoms with E-state index in [4.69, 9.17) is 0 Å². The second-order valence-electron chi connectivity index (χ2n) is 6.26. The first-order valence-electron chi connectivity index (χ1n) is 8.05. The van der Waals surface area contributed by atoms with E-state index in [0.29, 0.717) is 5.92 Å². The minimum absolute atomic E-state index is 0.0184. The maximum atomic E-state index is 12.6. The van der Waals surface area contributed by atoms with Crippen LogP contribution in [0.2, 0.25) is 0 Å². The number of hydrogen-bond acceptors (Lipinski definition) is 3. The fourth-order valence-electron chi connectivity index (χ4n) is 3.55. The first-order chi connectivity index (χ1) is 10.3. The van der Waals surface area contributed by atoms with Gasteiger partial charge in [-0.05, 0) is 49.7 Å². The molecular weight excluding hydrogens is 264 g/mol. The lowest BCUT2D eigenvalue weighted by atomic mass is 9.86. The standard InChI is InChI=1S/C17H24N2O2/c20-11-12-4-1-7-14(10-12)19-17(21)15-8-2-5-13-6-3-9-18-16(13)15/h2,5,8,12,14,18,20H,1,3-4,6-7,9-11H2,(H,19,21)/t12-,14-/m1/s1. The Balaban J connectivity index is 1.71. The molecular formula is C17H24N2O2. The molecule has 3 N–H and O–H groups in total. The Labute approximate surface area is 125 Å². The second kappa shape index (κ2) is 6.48. The molecule has 21 heavy (non-hydrogen) atoms. The first kappa shape index (κ1) is 14.4. The Morgan fingerprint density at radius 1 is 1.33 bits per heavy atom. The van der Waals surface area contributed by atoms with E-state index >= 15 is 0 Å². The average Bonchev–Trinajstić information content (AvgIpc) is 2.54. The molecule has 1 fully saturated rings. The van der Waals surface area contributed by atoms with Gasteiger partial charge in [-0.15, -0.1) is 0 Å². The van der Waals surface area contributed by atoms with Crippen LogP contribution in [0.25, 0.3) is 0 Å². The Morgan fingerprint density at radius 2 is 2.24 bits per heavy atom. The lowest BCUT2D eigenvalue weighted by Crippen LogP contribution is -2.39. The van der Waals surface area contributed by atoms with E-state index in [-0.39, 0.29) is 18.6 Å². The zero-order chi connectivity index (χ0) is 14.7. The summed E-state index contributed by atoms with van der Waals surface area (Å²) in [6, 6.07) is 6.17. The fourth-order valence-corrected chi connectivity index (χ4v) is 3.55. The minimum atomic E-state index is 0.0184. The van der Waals surface area contributed by atoms with Crippen LogP contribution >= 0.6 is 0 Å². The minimum Gasteiger partial charge on any atom is -0.396 e. The van der Waals surface area contributed by atoms with Crippen molar-refractivity contribution in [2.45, 2.75) is 44.6 Å². The Kier molecular flexibility index (Phi) is 4.44. The summed E-state index contributed by atoms with van der Waals surface area (Å²) in [5.41, 5.74) is 3.01. The Morgan fingerprint density at radius 3 is 3.10 bits per heavy atom. The molecule has 0 radical (unpaired) electrons. The number of nitrogens with one attached hydrogen (secondary N) is 2. The lowest BCUT2D eigenvalue weighted by Gasteiger charge is -2.29. The predicted octanol–water partition coefficient (Wildman–Crippen LogP) is 2.33. The molecule has 4 nitrogen and oxygen atoms in total. The van der Waals surface area contributed by atoms with Crippen LogP contribution in [0.4, 0.5) is 5.69 Å². The molecule has 2 atom stereocenters. The van der Waals surface area contributed by atoms with Crippen LogP contribution < -0.4 is 10.6 Å². The monoisotopic (exact) mass is 288 g/mol. The van der Waals surface area contributed by atoms with E-state index < -0.39 is 0 Å². The average molecular weight is 288 g/mol. The van der Waals surface area contributed by atoms with Gasteiger partial charge < -0.3 is 15.7 Å². The van der Waals surface area contributed by atoms with Crippen molar-refractivity contribution in [1.29, 1.82) is 0 Å². The number of amides is 1. The maximum absolute atomic E-state index is 12.6. The molecule has 0 spiro atoms. The zero-order valence-electron chi connectivity index (χ0n) is 12.4. The van der Waals surface area contributed by atoms with Gasteiger partial charge in [-0.2, -0.15) is 0 Å². The molecule has 1 heterocycles. The molecule has 2 aliphatic rings. The predicted molar refractivity (Wildman–Crippen MR) is 83.6 cm³/mol. The van der Waals surface area contributed by atoms with Gasteiger partial charge in [0.2, 0.25) is 0 Å². The van der Waals surface area contributed by atoms with Crippen LogP contribution in [0, 0.1) is 5.92 Å². The van der Waals surface area contributed by atoms with Crippen molar-refractivity contribution >= 4 is 11.6 Å². The number of anilines is 1. The lowest BCUT2D eigenvalue weighted by molar-refractivity contribution is 0.0906. The van der Waals surface area contributed by atoms with Crippen LogP contribution in [0.15, 0.2) is 18.2 Å². The third-order valence-electron chi connectivity index (χ3n) is 4.70. The molecule has 4 heteroatoms. The summed E-state index contributed by atoms with van der Waals surface area (Å²) in [6.45, 7) is 1.17. The second-order valence-corrected chi connectivity index (χ2v) is 6.26. The number of fused-ring (bicyclic) bond motifs is 1. The van der Waals surface area contributed by atoms with Gasteiger partial charge in [0.15, 0.2) is 0 Å². The van der Waals surface area contributed by atoms with Crippen molar-refractivity contribution < 1.29 is 9.90 Å². The van der Waals surface area contributed by atoms with E-state index in [9.17, 15) is 9.90 Å². The smallest absolute Gasteiger partial charge is 0.253 e. The number of carbonyl (C=O) groups excluding carboxylic acids is 1. The number of hydrogen-bond donors (Lipinski definition) is 3. The van der Waals surface area contributed by atoms with Crippen molar-refractivity contribution in [3.63, 3.8) is 0 Å². The van der Waals surface area contributed by atoms with E-state index in [2.05, 4.69) is 16.7 Å². The molecule has 3 rings (SSSR count). The molecule has 0 unspecified atom stereocenters. The number of para-hydroxylation sites is 1. The highest BCUT2D eigenvalue weighted by Gasteiger charge is 2.24. The number of rotatable bonds is 3. The van der Waals surface area contributed by atoms with Crippen LogP contribution in [0.1, 0.15) is 48.0 Å². The third-order valence-corrected chi connectivity index (χ3v) is 4.70. The Bertz CT molecular complexity index is 516. The van der Waals surface area contributed by atoms with Crippen molar-refractivity contribution in [2.75, 3.05) is 18.5 Å². The van der Waals surface area contributed by atoms with E-state index in [1.54, 1.807) is 0 Å². The quantitative estimate of drug-likeness (QED) is 0.800. The number of aliphatic hydroxyl groups excluding tert-OH is 1. The topological polar surface area (TPSA) is 61.4 Å². The van der Waals surface area contributed by atoms with Crippen molar-refractivity contribution in [3.8, 4) is 0 Å². The summed E-state index contributed by atoms with van der Waals surface area (Å²) >= 11 is 0. The Hall–Kier alpha value is -1.55. The van der Waals surface area contributed by atoms with Crippen LogP contribution in [-0.4, -0.2) is 30.2 Å². The summed E-state index contributed by atoms with van der Waals surface area (Å²) in [5, 5.41) is 15.8. The molecule has 0 aromatic heterocycles. The van der Waals surface area contributed by atoms with Gasteiger partial charge >= 0.3 is 0 Å². The van der Waals surface area contributed by atoms with Crippen molar-refractivity contribution in [3.05, 3.63) is 29.3 Å². The summed E-state index contributed by atoms with van der Waals surface area (Å²) in [6.07, 6.45) is 6.24.